The van der Waals surface area contributed by atoms with E-state index in [1.165, 1.54) is 0 Å². The van der Waals surface area contributed by atoms with Crippen molar-refractivity contribution >= 4 is 11.8 Å². The van der Waals surface area contributed by atoms with Crippen LogP contribution in [0.2, 0.25) is 0 Å². The number of carboxylic acid groups (broad SMARTS) is 1. The number of hydrogen-bond acceptors (Lipinski definition) is 4. The third kappa shape index (κ3) is 2.67. The molecule has 0 bridgehead atoms. The first-order chi connectivity index (χ1) is 10.1. The van der Waals surface area contributed by atoms with E-state index in [0.717, 1.165) is 11.4 Å². The second kappa shape index (κ2) is 5.44. The number of nitrogens with zero attached hydrogens (tertiary/aromatic N) is 2. The molecule has 21 heavy (non-hydrogen) atoms. The van der Waals surface area contributed by atoms with Crippen LogP contribution in [0.1, 0.15) is 22.8 Å². The summed E-state index contributed by atoms with van der Waals surface area (Å²) in [7, 11) is 0. The van der Waals surface area contributed by atoms with Gasteiger partial charge in [0.05, 0.1) is 11.6 Å². The van der Waals surface area contributed by atoms with Gasteiger partial charge in [-0.25, -0.2) is 9.78 Å². The zero-order chi connectivity index (χ0) is 14.8. The molecule has 0 aliphatic carbocycles. The van der Waals surface area contributed by atoms with Gasteiger partial charge in [-0.15, -0.1) is 0 Å². The fourth-order valence-electron chi connectivity index (χ4n) is 2.42. The molecule has 5 heteroatoms. The molecular weight excluding hydrogens is 268 g/mol. The maximum atomic E-state index is 11.0. The molecule has 5 nitrogen and oxygen atoms in total. The van der Waals surface area contributed by atoms with Gasteiger partial charge in [0.2, 0.25) is 0 Å². The number of fused-ring (bicyclic) bond motifs is 1. The Hall–Kier alpha value is -2.56. The van der Waals surface area contributed by atoms with E-state index in [4.69, 9.17) is 9.84 Å². The van der Waals surface area contributed by atoms with E-state index in [2.05, 4.69) is 16.8 Å². The van der Waals surface area contributed by atoms with E-state index >= 15 is 0 Å². The second-order valence-electron chi connectivity index (χ2n) is 5.10. The summed E-state index contributed by atoms with van der Waals surface area (Å²) in [5.74, 6) is 0.587. The Labute approximate surface area is 122 Å². The van der Waals surface area contributed by atoms with Crippen molar-refractivity contribution in [1.82, 2.24) is 4.98 Å². The normalized spacial score (nSPS) is 17.6. The van der Waals surface area contributed by atoms with Gasteiger partial charge in [0, 0.05) is 18.3 Å². The number of anilines is 1. The third-order valence-corrected chi connectivity index (χ3v) is 3.61. The summed E-state index contributed by atoms with van der Waals surface area (Å²) >= 11 is 0. The van der Waals surface area contributed by atoms with Crippen LogP contribution in [0.4, 0.5) is 5.82 Å². The number of ether oxygens (including phenoxy) is 1. The van der Waals surface area contributed by atoms with Gasteiger partial charge in [0.25, 0.3) is 0 Å². The third-order valence-electron chi connectivity index (χ3n) is 3.61. The smallest absolute Gasteiger partial charge is 0.335 e. The number of benzene rings is 1. The van der Waals surface area contributed by atoms with Gasteiger partial charge >= 0.3 is 5.97 Å². The summed E-state index contributed by atoms with van der Waals surface area (Å²) < 4.78 is 5.77. The van der Waals surface area contributed by atoms with Crippen molar-refractivity contribution in [3.63, 3.8) is 0 Å². The standard InChI is InChI=1S/C16H16N2O3/c1-11-10-21-14-8-12(16(19)20)5-6-13(14)9-18(11)15-4-2-3-7-17-15/h2-8,11H,9-10H2,1H3,(H,19,20)/t11-/m0/s1. The molecule has 0 amide bonds. The molecule has 2 aromatic rings. The summed E-state index contributed by atoms with van der Waals surface area (Å²) in [6.45, 7) is 3.21. The first-order valence-electron chi connectivity index (χ1n) is 6.82. The van der Waals surface area contributed by atoms with Crippen LogP contribution in [0.25, 0.3) is 0 Å². The molecule has 1 aliphatic heterocycles. The highest BCUT2D eigenvalue weighted by atomic mass is 16.5. The molecule has 0 saturated heterocycles. The van der Waals surface area contributed by atoms with E-state index in [0.29, 0.717) is 18.9 Å². The maximum absolute atomic E-state index is 11.0. The van der Waals surface area contributed by atoms with Gasteiger partial charge in [-0.1, -0.05) is 12.1 Å². The predicted molar refractivity (Wildman–Crippen MR) is 78.8 cm³/mol. The molecule has 0 fully saturated rings. The maximum Gasteiger partial charge on any atom is 0.335 e. The summed E-state index contributed by atoms with van der Waals surface area (Å²) in [6, 6.07) is 11.0. The van der Waals surface area contributed by atoms with Crippen molar-refractivity contribution in [3.05, 3.63) is 53.7 Å². The van der Waals surface area contributed by atoms with Crippen LogP contribution < -0.4 is 9.64 Å². The van der Waals surface area contributed by atoms with Crippen molar-refractivity contribution in [2.45, 2.75) is 19.5 Å². The molecule has 2 heterocycles. The summed E-state index contributed by atoms with van der Waals surface area (Å²) in [5.41, 5.74) is 1.21. The lowest BCUT2D eigenvalue weighted by atomic mass is 10.1. The topological polar surface area (TPSA) is 62.7 Å². The molecule has 1 aromatic carbocycles. The highest BCUT2D eigenvalue weighted by molar-refractivity contribution is 5.88. The molecule has 0 radical (unpaired) electrons. The van der Waals surface area contributed by atoms with Gasteiger partial charge in [-0.3, -0.25) is 0 Å². The van der Waals surface area contributed by atoms with Gasteiger partial charge < -0.3 is 14.7 Å². The Morgan fingerprint density at radius 2 is 2.24 bits per heavy atom. The first kappa shape index (κ1) is 13.4. The molecule has 1 N–H and O–H groups in total. The number of rotatable bonds is 2. The van der Waals surface area contributed by atoms with Crippen molar-refractivity contribution in [3.8, 4) is 5.75 Å². The van der Waals surface area contributed by atoms with E-state index in [1.807, 2.05) is 24.3 Å². The number of aromatic carboxylic acids is 1. The van der Waals surface area contributed by atoms with Crippen LogP contribution in [0.5, 0.6) is 5.75 Å². The highest BCUT2D eigenvalue weighted by Crippen LogP contribution is 2.28. The average molecular weight is 284 g/mol. The largest absolute Gasteiger partial charge is 0.491 e. The van der Waals surface area contributed by atoms with Crippen molar-refractivity contribution in [2.75, 3.05) is 11.5 Å². The molecule has 3 rings (SSSR count). The average Bonchev–Trinajstić information content (AvgIpc) is 2.67. The van der Waals surface area contributed by atoms with Crippen molar-refractivity contribution in [2.24, 2.45) is 0 Å². The fourth-order valence-corrected chi connectivity index (χ4v) is 2.42. The lowest BCUT2D eigenvalue weighted by molar-refractivity contribution is 0.0696. The van der Waals surface area contributed by atoms with E-state index < -0.39 is 5.97 Å². The number of carbonyl (C=O) groups is 1. The molecule has 1 aromatic heterocycles. The van der Waals surface area contributed by atoms with Gasteiger partial charge in [0.1, 0.15) is 18.2 Å². The number of pyridine rings is 1. The van der Waals surface area contributed by atoms with E-state index in [9.17, 15) is 4.79 Å². The second-order valence-corrected chi connectivity index (χ2v) is 5.10. The number of hydrogen-bond donors (Lipinski definition) is 1. The minimum absolute atomic E-state index is 0.153. The van der Waals surface area contributed by atoms with Crippen LogP contribution in [0.15, 0.2) is 42.6 Å². The van der Waals surface area contributed by atoms with Crippen LogP contribution in [0, 0.1) is 0 Å². The van der Waals surface area contributed by atoms with Crippen LogP contribution in [-0.4, -0.2) is 28.7 Å². The van der Waals surface area contributed by atoms with Crippen molar-refractivity contribution in [1.29, 1.82) is 0 Å². The minimum atomic E-state index is -0.944. The molecule has 1 aliphatic rings. The van der Waals surface area contributed by atoms with Crippen LogP contribution in [0.3, 0.4) is 0 Å². The van der Waals surface area contributed by atoms with Gasteiger partial charge in [-0.05, 0) is 31.2 Å². The quantitative estimate of drug-likeness (QED) is 0.918. The zero-order valence-electron chi connectivity index (χ0n) is 11.7. The summed E-state index contributed by atoms with van der Waals surface area (Å²) in [5, 5.41) is 9.06. The zero-order valence-corrected chi connectivity index (χ0v) is 11.7. The van der Waals surface area contributed by atoms with E-state index in [1.54, 1.807) is 18.3 Å². The Bertz CT molecular complexity index is 658. The Balaban J connectivity index is 1.95. The summed E-state index contributed by atoms with van der Waals surface area (Å²) in [6.07, 6.45) is 1.77. The van der Waals surface area contributed by atoms with E-state index in [-0.39, 0.29) is 11.6 Å². The molecule has 1 atom stereocenters. The Morgan fingerprint density at radius 3 is 2.95 bits per heavy atom. The molecular formula is C16H16N2O3. The summed E-state index contributed by atoms with van der Waals surface area (Å²) in [4.78, 5) is 17.6. The molecule has 0 saturated carbocycles. The lowest BCUT2D eigenvalue weighted by Gasteiger charge is -2.27. The number of carboxylic acids is 1. The number of aromatic nitrogens is 1. The van der Waals surface area contributed by atoms with Crippen LogP contribution >= 0.6 is 0 Å². The fraction of sp³-hybridized carbons (Fsp3) is 0.250. The monoisotopic (exact) mass is 284 g/mol. The molecule has 108 valence electrons. The molecule has 0 unspecified atom stereocenters. The SMILES string of the molecule is C[C@H]1COc2cc(C(=O)O)ccc2CN1c1ccccn1. The highest BCUT2D eigenvalue weighted by Gasteiger charge is 2.23. The van der Waals surface area contributed by atoms with Crippen molar-refractivity contribution < 1.29 is 14.6 Å². The minimum Gasteiger partial charge on any atom is -0.491 e. The lowest BCUT2D eigenvalue weighted by Crippen LogP contribution is -2.35. The van der Waals surface area contributed by atoms with Crippen LogP contribution in [-0.2, 0) is 6.54 Å². The molecule has 0 spiro atoms. The van der Waals surface area contributed by atoms with Gasteiger partial charge in [-0.2, -0.15) is 0 Å². The Morgan fingerprint density at radius 1 is 1.38 bits per heavy atom. The first-order valence-corrected chi connectivity index (χ1v) is 6.82. The predicted octanol–water partition coefficient (Wildman–Crippen LogP) is 2.57. The van der Waals surface area contributed by atoms with Gasteiger partial charge in [0.15, 0.2) is 0 Å². The Kier molecular flexibility index (Phi) is 3.48.